The average Bonchev–Trinajstić information content (AvgIpc) is 2.86. The van der Waals surface area contributed by atoms with Gasteiger partial charge in [0.2, 0.25) is 5.91 Å². The van der Waals surface area contributed by atoms with Crippen LogP contribution in [-0.4, -0.2) is 45.9 Å². The van der Waals surface area contributed by atoms with E-state index in [1.165, 1.54) is 4.90 Å². The van der Waals surface area contributed by atoms with Crippen molar-refractivity contribution < 1.29 is 9.00 Å². The van der Waals surface area contributed by atoms with Gasteiger partial charge in [0.25, 0.3) is 0 Å². The lowest BCUT2D eigenvalue weighted by Crippen LogP contribution is -2.38. The molecule has 2 rings (SSSR count). The Hall–Kier alpha value is -0.850. The molecule has 1 aliphatic rings. The molecule has 0 aromatic heterocycles. The summed E-state index contributed by atoms with van der Waals surface area (Å²) >= 11 is 1.70. The Morgan fingerprint density at radius 3 is 2.67 bits per heavy atom. The molecule has 21 heavy (non-hydrogen) atoms. The van der Waals surface area contributed by atoms with Crippen LogP contribution in [-0.2, 0) is 15.6 Å². The maximum atomic E-state index is 12.2. The number of hydrogen-bond acceptors (Lipinski definition) is 4. The fourth-order valence-corrected chi connectivity index (χ4v) is 3.64. The number of nitrogens with zero attached hydrogens (tertiary/aromatic N) is 1. The highest BCUT2D eigenvalue weighted by molar-refractivity contribution is 7.98. The van der Waals surface area contributed by atoms with Gasteiger partial charge in [-0.1, -0.05) is 12.1 Å². The van der Waals surface area contributed by atoms with Gasteiger partial charge < -0.3 is 4.90 Å². The fraction of sp³-hybridized carbons (Fsp3) is 0.533. The molecule has 0 radical (unpaired) electrons. The van der Waals surface area contributed by atoms with Crippen molar-refractivity contribution in [3.63, 3.8) is 0 Å². The molecule has 0 saturated carbocycles. The SMILES string of the molecule is CSc1ccc(C2NCC(=O)N2C(C)CCS(C)=O)cc1. The number of amides is 1. The molecule has 4 nitrogen and oxygen atoms in total. The average molecular weight is 326 g/mol. The van der Waals surface area contributed by atoms with Crippen LogP contribution in [0.3, 0.4) is 0 Å². The first-order valence-corrected chi connectivity index (χ1v) is 9.96. The molecule has 1 N–H and O–H groups in total. The quantitative estimate of drug-likeness (QED) is 0.812. The van der Waals surface area contributed by atoms with Crippen molar-refractivity contribution in [1.29, 1.82) is 0 Å². The van der Waals surface area contributed by atoms with Gasteiger partial charge in [-0.05, 0) is 37.3 Å². The van der Waals surface area contributed by atoms with Crippen LogP contribution in [0.15, 0.2) is 29.2 Å². The molecule has 3 atom stereocenters. The van der Waals surface area contributed by atoms with E-state index in [1.54, 1.807) is 18.0 Å². The van der Waals surface area contributed by atoms with E-state index < -0.39 is 10.8 Å². The summed E-state index contributed by atoms with van der Waals surface area (Å²) in [4.78, 5) is 15.3. The van der Waals surface area contributed by atoms with Crippen molar-refractivity contribution in [2.24, 2.45) is 0 Å². The number of nitrogens with one attached hydrogen (secondary N) is 1. The van der Waals surface area contributed by atoms with Crippen molar-refractivity contribution in [2.45, 2.75) is 30.4 Å². The van der Waals surface area contributed by atoms with Crippen LogP contribution in [0.2, 0.25) is 0 Å². The van der Waals surface area contributed by atoms with E-state index in [9.17, 15) is 9.00 Å². The lowest BCUT2D eigenvalue weighted by atomic mass is 10.1. The Labute approximate surface area is 133 Å². The molecule has 3 unspecified atom stereocenters. The normalized spacial score (nSPS) is 21.6. The monoisotopic (exact) mass is 326 g/mol. The second-order valence-electron chi connectivity index (χ2n) is 5.27. The molecule has 1 aromatic rings. The smallest absolute Gasteiger partial charge is 0.238 e. The topological polar surface area (TPSA) is 49.4 Å². The minimum absolute atomic E-state index is 0.0753. The molecule has 6 heteroatoms. The predicted molar refractivity (Wildman–Crippen MR) is 88.8 cm³/mol. The predicted octanol–water partition coefficient (Wildman–Crippen LogP) is 2.00. The summed E-state index contributed by atoms with van der Waals surface area (Å²) in [5.74, 6) is 0.742. The molecular weight excluding hydrogens is 304 g/mol. The number of thioether (sulfide) groups is 1. The second-order valence-corrected chi connectivity index (χ2v) is 7.71. The van der Waals surface area contributed by atoms with Gasteiger partial charge in [-0.15, -0.1) is 11.8 Å². The standard InChI is InChI=1S/C15H22N2O2S2/c1-11(8-9-21(3)19)17-14(18)10-16-15(17)12-4-6-13(20-2)7-5-12/h4-7,11,15-16H,8-10H2,1-3H3. The van der Waals surface area contributed by atoms with Crippen LogP contribution in [0.5, 0.6) is 0 Å². The molecular formula is C15H22N2O2S2. The number of hydrogen-bond donors (Lipinski definition) is 1. The van der Waals surface area contributed by atoms with Gasteiger partial charge in [0.15, 0.2) is 0 Å². The Bertz CT molecular complexity index is 519. The van der Waals surface area contributed by atoms with E-state index in [1.807, 2.05) is 18.1 Å². The zero-order valence-corrected chi connectivity index (χ0v) is 14.3. The third-order valence-corrected chi connectivity index (χ3v) is 5.30. The number of rotatable bonds is 6. The van der Waals surface area contributed by atoms with Gasteiger partial charge in [0.05, 0.1) is 6.54 Å². The summed E-state index contributed by atoms with van der Waals surface area (Å²) in [6.07, 6.45) is 4.44. The first-order chi connectivity index (χ1) is 10.0. The van der Waals surface area contributed by atoms with Crippen LogP contribution in [0.4, 0.5) is 0 Å². The summed E-state index contributed by atoms with van der Waals surface area (Å²) < 4.78 is 11.3. The van der Waals surface area contributed by atoms with Gasteiger partial charge in [-0.2, -0.15) is 0 Å². The summed E-state index contributed by atoms with van der Waals surface area (Å²) in [6.45, 7) is 2.40. The number of carbonyl (C=O) groups is 1. The molecule has 1 heterocycles. The number of carbonyl (C=O) groups excluding carboxylic acids is 1. The maximum absolute atomic E-state index is 12.2. The minimum Gasteiger partial charge on any atom is -0.319 e. The summed E-state index contributed by atoms with van der Waals surface area (Å²) in [5, 5.41) is 3.27. The molecule has 1 aliphatic heterocycles. The van der Waals surface area contributed by atoms with Gasteiger partial charge in [0.1, 0.15) is 6.17 Å². The van der Waals surface area contributed by atoms with E-state index in [0.717, 1.165) is 12.0 Å². The minimum atomic E-state index is -0.819. The fourth-order valence-electron chi connectivity index (χ4n) is 2.56. The van der Waals surface area contributed by atoms with Crippen LogP contribution in [0.1, 0.15) is 25.1 Å². The molecule has 0 spiro atoms. The molecule has 1 amide bonds. The van der Waals surface area contributed by atoms with Gasteiger partial charge in [-0.25, -0.2) is 0 Å². The van der Waals surface area contributed by atoms with E-state index >= 15 is 0 Å². The first-order valence-electron chi connectivity index (χ1n) is 7.01. The largest absolute Gasteiger partial charge is 0.319 e. The molecule has 1 saturated heterocycles. The Morgan fingerprint density at radius 2 is 2.10 bits per heavy atom. The third kappa shape index (κ3) is 4.08. The van der Waals surface area contributed by atoms with Crippen LogP contribution < -0.4 is 5.32 Å². The highest BCUT2D eigenvalue weighted by Crippen LogP contribution is 2.27. The maximum Gasteiger partial charge on any atom is 0.238 e. The van der Waals surface area contributed by atoms with Crippen molar-refractivity contribution in [1.82, 2.24) is 10.2 Å². The Kier molecular flexibility index (Phi) is 5.84. The third-order valence-electron chi connectivity index (χ3n) is 3.74. The zero-order valence-electron chi connectivity index (χ0n) is 12.7. The highest BCUT2D eigenvalue weighted by Gasteiger charge is 2.34. The first kappa shape index (κ1) is 16.5. The van der Waals surface area contributed by atoms with E-state index in [-0.39, 0.29) is 18.1 Å². The van der Waals surface area contributed by atoms with Crippen molar-refractivity contribution >= 4 is 28.5 Å². The van der Waals surface area contributed by atoms with E-state index in [2.05, 4.69) is 29.6 Å². The lowest BCUT2D eigenvalue weighted by Gasteiger charge is -2.30. The summed E-state index contributed by atoms with van der Waals surface area (Å²) in [7, 11) is -0.819. The molecule has 0 bridgehead atoms. The van der Waals surface area contributed by atoms with Crippen molar-refractivity contribution in [3.05, 3.63) is 29.8 Å². The molecule has 1 fully saturated rings. The Balaban J connectivity index is 2.13. The van der Waals surface area contributed by atoms with Crippen molar-refractivity contribution in [3.8, 4) is 0 Å². The lowest BCUT2D eigenvalue weighted by molar-refractivity contribution is -0.130. The molecule has 1 aromatic carbocycles. The Morgan fingerprint density at radius 1 is 1.43 bits per heavy atom. The van der Waals surface area contributed by atoms with Crippen molar-refractivity contribution in [2.75, 3.05) is 24.8 Å². The van der Waals surface area contributed by atoms with Gasteiger partial charge >= 0.3 is 0 Å². The molecule has 116 valence electrons. The van der Waals surface area contributed by atoms with Crippen LogP contribution in [0.25, 0.3) is 0 Å². The summed E-state index contributed by atoms with van der Waals surface area (Å²) in [5.41, 5.74) is 1.10. The number of benzene rings is 1. The van der Waals surface area contributed by atoms with Gasteiger partial charge in [0, 0.05) is 33.7 Å². The second kappa shape index (κ2) is 7.42. The summed E-state index contributed by atoms with van der Waals surface area (Å²) in [6, 6.07) is 8.38. The zero-order chi connectivity index (χ0) is 15.4. The highest BCUT2D eigenvalue weighted by atomic mass is 32.2. The van der Waals surface area contributed by atoms with Gasteiger partial charge in [-0.3, -0.25) is 14.3 Å². The van der Waals surface area contributed by atoms with Crippen LogP contribution >= 0.6 is 11.8 Å². The van der Waals surface area contributed by atoms with E-state index in [0.29, 0.717) is 12.3 Å². The van der Waals surface area contributed by atoms with E-state index in [4.69, 9.17) is 0 Å². The molecule has 0 aliphatic carbocycles. The van der Waals surface area contributed by atoms with Crippen LogP contribution in [0, 0.1) is 0 Å².